The van der Waals surface area contributed by atoms with Gasteiger partial charge in [0.05, 0.1) is 11.0 Å². The average molecular weight is 312 g/mol. The van der Waals surface area contributed by atoms with Gasteiger partial charge < -0.3 is 10.0 Å². The van der Waals surface area contributed by atoms with Crippen molar-refractivity contribution in [2.45, 2.75) is 42.7 Å². The van der Waals surface area contributed by atoms with Gasteiger partial charge in [0.1, 0.15) is 0 Å². The van der Waals surface area contributed by atoms with Gasteiger partial charge in [-0.15, -0.1) is 0 Å². The lowest BCUT2D eigenvalue weighted by molar-refractivity contribution is 0.0657. The van der Waals surface area contributed by atoms with Crippen LogP contribution in [0.5, 0.6) is 0 Å². The molecule has 2 N–H and O–H groups in total. The van der Waals surface area contributed by atoms with E-state index in [-0.39, 0.29) is 10.4 Å². The van der Waals surface area contributed by atoms with Crippen LogP contribution < -0.4 is 4.72 Å². The van der Waals surface area contributed by atoms with Gasteiger partial charge in [-0.1, -0.05) is 12.1 Å². The molecule has 118 valence electrons. The Labute approximate surface area is 127 Å². The summed E-state index contributed by atoms with van der Waals surface area (Å²) in [5.41, 5.74) is 0.657. The first-order chi connectivity index (χ1) is 9.77. The van der Waals surface area contributed by atoms with E-state index in [1.54, 1.807) is 19.1 Å². The summed E-state index contributed by atoms with van der Waals surface area (Å²) in [6.07, 6.45) is 2.58. The molecule has 0 radical (unpaired) electrons. The van der Waals surface area contributed by atoms with Crippen LogP contribution in [0.2, 0.25) is 0 Å². The van der Waals surface area contributed by atoms with Crippen molar-refractivity contribution in [2.24, 2.45) is 0 Å². The Morgan fingerprint density at radius 2 is 1.86 bits per heavy atom. The number of hydrogen-bond donors (Lipinski definition) is 2. The highest BCUT2D eigenvalue weighted by Gasteiger charge is 2.39. The van der Waals surface area contributed by atoms with Crippen LogP contribution in [0.3, 0.4) is 0 Å². The number of hydrogen-bond acceptors (Lipinski definition) is 4. The van der Waals surface area contributed by atoms with Crippen molar-refractivity contribution in [2.75, 3.05) is 20.6 Å². The highest BCUT2D eigenvalue weighted by atomic mass is 32.2. The molecule has 6 heteroatoms. The van der Waals surface area contributed by atoms with Gasteiger partial charge in [0, 0.05) is 12.1 Å². The largest absolute Gasteiger partial charge is 0.389 e. The third-order valence-corrected chi connectivity index (χ3v) is 5.91. The van der Waals surface area contributed by atoms with Gasteiger partial charge in [-0.25, -0.2) is 13.1 Å². The number of nitrogens with zero attached hydrogens (tertiary/aromatic N) is 1. The van der Waals surface area contributed by atoms with Crippen LogP contribution in [0.4, 0.5) is 0 Å². The number of aliphatic hydroxyl groups is 1. The Hall–Kier alpha value is -0.950. The highest BCUT2D eigenvalue weighted by molar-refractivity contribution is 7.89. The van der Waals surface area contributed by atoms with Crippen molar-refractivity contribution >= 4 is 10.0 Å². The quantitative estimate of drug-likeness (QED) is 0.835. The van der Waals surface area contributed by atoms with Gasteiger partial charge in [-0.3, -0.25) is 0 Å². The molecule has 0 bridgehead atoms. The molecule has 1 atom stereocenters. The zero-order chi connectivity index (χ0) is 15.7. The maximum atomic E-state index is 12.3. The molecule has 0 amide bonds. The molecule has 1 aromatic carbocycles. The van der Waals surface area contributed by atoms with Crippen LogP contribution in [-0.2, 0) is 10.0 Å². The number of likely N-dealkylation sites (N-methyl/N-ethyl adjacent to an activating group) is 1. The fraction of sp³-hybridized carbons (Fsp3) is 0.600. The molecule has 1 fully saturated rings. The SMILES string of the molecule is CC(O)c1ccc(S(=O)(=O)NCC2(N(C)C)CCC2)cc1. The minimum Gasteiger partial charge on any atom is -0.389 e. The normalized spacial score (nSPS) is 19.3. The fourth-order valence-corrected chi connectivity index (χ4v) is 3.72. The molecule has 1 unspecified atom stereocenters. The third kappa shape index (κ3) is 3.45. The van der Waals surface area contributed by atoms with Crippen LogP contribution in [0.15, 0.2) is 29.2 Å². The smallest absolute Gasteiger partial charge is 0.240 e. The van der Waals surface area contributed by atoms with E-state index in [1.807, 2.05) is 14.1 Å². The van der Waals surface area contributed by atoms with E-state index in [2.05, 4.69) is 9.62 Å². The first kappa shape index (κ1) is 16.4. The summed E-state index contributed by atoms with van der Waals surface area (Å²) < 4.78 is 27.4. The van der Waals surface area contributed by atoms with E-state index in [0.717, 1.165) is 19.3 Å². The summed E-state index contributed by atoms with van der Waals surface area (Å²) in [6.45, 7) is 2.08. The number of nitrogens with one attached hydrogen (secondary N) is 1. The molecule has 0 aromatic heterocycles. The van der Waals surface area contributed by atoms with Crippen molar-refractivity contribution in [1.82, 2.24) is 9.62 Å². The molecule has 21 heavy (non-hydrogen) atoms. The molecule has 0 aliphatic heterocycles. The summed E-state index contributed by atoms with van der Waals surface area (Å²) >= 11 is 0. The van der Waals surface area contributed by atoms with Crippen LogP contribution in [0.1, 0.15) is 37.9 Å². The summed E-state index contributed by atoms with van der Waals surface area (Å²) in [5.74, 6) is 0. The monoisotopic (exact) mass is 312 g/mol. The lowest BCUT2D eigenvalue weighted by Crippen LogP contribution is -2.57. The number of aliphatic hydroxyl groups excluding tert-OH is 1. The van der Waals surface area contributed by atoms with E-state index < -0.39 is 16.1 Å². The Kier molecular flexibility index (Phi) is 4.72. The van der Waals surface area contributed by atoms with Gasteiger partial charge in [0.25, 0.3) is 0 Å². The molecule has 1 aromatic rings. The standard InChI is InChI=1S/C15H24N2O3S/c1-12(18)13-5-7-14(8-6-13)21(19,20)16-11-15(17(2)3)9-4-10-15/h5-8,12,16,18H,4,9-11H2,1-3H3. The Bertz CT molecular complexity index is 575. The van der Waals surface area contributed by atoms with Gasteiger partial charge in [0.2, 0.25) is 10.0 Å². The van der Waals surface area contributed by atoms with Crippen LogP contribution in [-0.4, -0.2) is 44.6 Å². The second-order valence-corrected chi connectivity index (χ2v) is 7.81. The van der Waals surface area contributed by atoms with Crippen molar-refractivity contribution < 1.29 is 13.5 Å². The van der Waals surface area contributed by atoms with Gasteiger partial charge in [-0.2, -0.15) is 0 Å². The zero-order valence-corrected chi connectivity index (χ0v) is 13.7. The lowest BCUT2D eigenvalue weighted by atomic mass is 9.76. The number of rotatable bonds is 6. The lowest BCUT2D eigenvalue weighted by Gasteiger charge is -2.47. The molecule has 0 heterocycles. The summed E-state index contributed by atoms with van der Waals surface area (Å²) in [5, 5.41) is 9.46. The van der Waals surface area contributed by atoms with Crippen LogP contribution >= 0.6 is 0 Å². The molecule has 0 spiro atoms. The Morgan fingerprint density at radius 1 is 1.29 bits per heavy atom. The minimum atomic E-state index is -3.50. The minimum absolute atomic E-state index is 0.0490. The Morgan fingerprint density at radius 3 is 2.24 bits per heavy atom. The summed E-state index contributed by atoms with van der Waals surface area (Å²) in [6, 6.07) is 6.36. The fourth-order valence-electron chi connectivity index (χ4n) is 2.61. The molecule has 1 saturated carbocycles. The van der Waals surface area contributed by atoms with E-state index in [9.17, 15) is 13.5 Å². The molecule has 1 aliphatic rings. The Balaban J connectivity index is 2.08. The van der Waals surface area contributed by atoms with E-state index in [4.69, 9.17) is 0 Å². The second kappa shape index (κ2) is 6.04. The van der Waals surface area contributed by atoms with Gasteiger partial charge in [0.15, 0.2) is 0 Å². The van der Waals surface area contributed by atoms with E-state index >= 15 is 0 Å². The topological polar surface area (TPSA) is 69.6 Å². The average Bonchev–Trinajstić information content (AvgIpc) is 2.37. The van der Waals surface area contributed by atoms with Crippen molar-refractivity contribution in [3.05, 3.63) is 29.8 Å². The first-order valence-electron chi connectivity index (χ1n) is 7.22. The molecule has 0 saturated heterocycles. The van der Waals surface area contributed by atoms with Crippen molar-refractivity contribution in [1.29, 1.82) is 0 Å². The van der Waals surface area contributed by atoms with E-state index in [0.29, 0.717) is 12.1 Å². The second-order valence-electron chi connectivity index (χ2n) is 6.04. The van der Waals surface area contributed by atoms with Crippen molar-refractivity contribution in [3.63, 3.8) is 0 Å². The maximum Gasteiger partial charge on any atom is 0.240 e. The molecule has 2 rings (SSSR count). The van der Waals surface area contributed by atoms with Crippen LogP contribution in [0, 0.1) is 0 Å². The first-order valence-corrected chi connectivity index (χ1v) is 8.70. The highest BCUT2D eigenvalue weighted by Crippen LogP contribution is 2.35. The number of benzene rings is 1. The molecular formula is C15H24N2O3S. The zero-order valence-electron chi connectivity index (χ0n) is 12.8. The number of sulfonamides is 1. The third-order valence-electron chi connectivity index (χ3n) is 4.50. The predicted molar refractivity (Wildman–Crippen MR) is 82.5 cm³/mol. The van der Waals surface area contributed by atoms with Gasteiger partial charge in [-0.05, 0) is 58.0 Å². The van der Waals surface area contributed by atoms with E-state index in [1.165, 1.54) is 12.1 Å². The summed E-state index contributed by atoms with van der Waals surface area (Å²) in [7, 11) is 0.478. The van der Waals surface area contributed by atoms with Crippen molar-refractivity contribution in [3.8, 4) is 0 Å². The summed E-state index contributed by atoms with van der Waals surface area (Å²) in [4.78, 5) is 2.34. The molecular weight excluding hydrogens is 288 g/mol. The molecule has 1 aliphatic carbocycles. The maximum absolute atomic E-state index is 12.3. The molecule has 5 nitrogen and oxygen atoms in total. The van der Waals surface area contributed by atoms with Gasteiger partial charge >= 0.3 is 0 Å². The van der Waals surface area contributed by atoms with Crippen LogP contribution in [0.25, 0.3) is 0 Å². The predicted octanol–water partition coefficient (Wildman–Crippen LogP) is 1.50.